The van der Waals surface area contributed by atoms with E-state index in [2.05, 4.69) is 22.4 Å². The van der Waals surface area contributed by atoms with Gasteiger partial charge in [0.15, 0.2) is 6.61 Å². The first-order valence-electron chi connectivity index (χ1n) is 9.69. The third kappa shape index (κ3) is 4.64. The molecule has 1 N–H and O–H groups in total. The Bertz CT molecular complexity index is 1030. The molecular formula is C21H25N3O5. The van der Waals surface area contributed by atoms with E-state index in [-0.39, 0.29) is 23.8 Å². The highest BCUT2D eigenvalue weighted by molar-refractivity contribution is 6.04. The second-order valence-corrected chi connectivity index (χ2v) is 6.96. The van der Waals surface area contributed by atoms with Crippen molar-refractivity contribution in [2.45, 2.75) is 47.0 Å². The van der Waals surface area contributed by atoms with Gasteiger partial charge in [-0.15, -0.1) is 0 Å². The van der Waals surface area contributed by atoms with Crippen LogP contribution in [0.5, 0.6) is 0 Å². The number of carbonyl (C=O) groups excluding carboxylic acids is 2. The van der Waals surface area contributed by atoms with Crippen LogP contribution in [0.25, 0.3) is 22.4 Å². The normalized spacial score (nSPS) is 11.0. The zero-order valence-corrected chi connectivity index (χ0v) is 17.1. The van der Waals surface area contributed by atoms with E-state index in [0.29, 0.717) is 29.1 Å². The van der Waals surface area contributed by atoms with Gasteiger partial charge in [-0.25, -0.2) is 9.78 Å². The van der Waals surface area contributed by atoms with Crippen molar-refractivity contribution < 1.29 is 23.3 Å². The number of nitrogens with one attached hydrogen (secondary N) is 1. The molecule has 0 aliphatic carbocycles. The Balaban J connectivity index is 1.82. The molecule has 0 saturated carbocycles. The fourth-order valence-electron chi connectivity index (χ4n) is 3.14. The maximum absolute atomic E-state index is 12.7. The van der Waals surface area contributed by atoms with Crippen LogP contribution in [0.3, 0.4) is 0 Å². The lowest BCUT2D eigenvalue weighted by molar-refractivity contribution is -0.124. The Morgan fingerprint density at radius 1 is 1.17 bits per heavy atom. The van der Waals surface area contributed by atoms with Crippen LogP contribution in [0.4, 0.5) is 0 Å². The number of carbonyl (C=O) groups is 2. The molecule has 0 radical (unpaired) electrons. The molecule has 8 heteroatoms. The summed E-state index contributed by atoms with van der Waals surface area (Å²) in [5.74, 6) is 0.447. The molecule has 29 heavy (non-hydrogen) atoms. The Kier molecular flexibility index (Phi) is 6.31. The third-order valence-electron chi connectivity index (χ3n) is 4.59. The number of ether oxygens (including phenoxy) is 1. The van der Waals surface area contributed by atoms with E-state index in [0.717, 1.165) is 30.6 Å². The summed E-state index contributed by atoms with van der Waals surface area (Å²) in [4.78, 5) is 29.1. The molecule has 0 saturated heterocycles. The van der Waals surface area contributed by atoms with E-state index >= 15 is 0 Å². The van der Waals surface area contributed by atoms with Gasteiger partial charge in [-0.1, -0.05) is 24.9 Å². The first-order chi connectivity index (χ1) is 13.9. The second kappa shape index (κ2) is 8.89. The maximum Gasteiger partial charge on any atom is 0.339 e. The minimum Gasteiger partial charge on any atom is -0.466 e. The topological polar surface area (TPSA) is 107 Å². The average molecular weight is 399 g/mol. The molecule has 0 aliphatic rings. The van der Waals surface area contributed by atoms with Gasteiger partial charge in [0.25, 0.3) is 11.6 Å². The molecule has 0 atom stereocenters. The minimum atomic E-state index is -0.633. The second-order valence-electron chi connectivity index (χ2n) is 6.96. The van der Waals surface area contributed by atoms with Crippen molar-refractivity contribution in [3.8, 4) is 11.3 Å². The quantitative estimate of drug-likeness (QED) is 0.452. The van der Waals surface area contributed by atoms with Crippen LogP contribution < -0.4 is 5.32 Å². The summed E-state index contributed by atoms with van der Waals surface area (Å²) in [7, 11) is 0. The van der Waals surface area contributed by atoms with Gasteiger partial charge in [0.2, 0.25) is 0 Å². The van der Waals surface area contributed by atoms with E-state index in [1.165, 1.54) is 0 Å². The van der Waals surface area contributed by atoms with Gasteiger partial charge in [0, 0.05) is 12.1 Å². The number of rotatable bonds is 8. The number of fused-ring (bicyclic) bond motifs is 1. The molecule has 3 heterocycles. The highest BCUT2D eigenvalue weighted by Gasteiger charge is 2.22. The molecule has 0 aromatic carbocycles. The highest BCUT2D eigenvalue weighted by atomic mass is 16.5. The Hall–Kier alpha value is -3.16. The van der Waals surface area contributed by atoms with Gasteiger partial charge >= 0.3 is 5.97 Å². The van der Waals surface area contributed by atoms with E-state index < -0.39 is 5.97 Å². The number of esters is 1. The third-order valence-corrected chi connectivity index (χ3v) is 4.59. The minimum absolute atomic E-state index is 0.231. The number of furan rings is 1. The number of unbranched alkanes of at least 4 members (excludes halogenated alkanes) is 2. The number of aromatic nitrogens is 2. The van der Waals surface area contributed by atoms with Crippen LogP contribution >= 0.6 is 0 Å². The molecule has 1 amide bonds. The molecule has 3 aromatic heterocycles. The van der Waals surface area contributed by atoms with Crippen LogP contribution in [0.2, 0.25) is 0 Å². The van der Waals surface area contributed by atoms with Crippen molar-refractivity contribution in [3.05, 3.63) is 34.9 Å². The predicted octanol–water partition coefficient (Wildman–Crippen LogP) is 3.87. The number of amides is 1. The molecule has 3 aromatic rings. The zero-order valence-electron chi connectivity index (χ0n) is 17.1. The number of hydrogen-bond acceptors (Lipinski definition) is 7. The molecule has 154 valence electrons. The summed E-state index contributed by atoms with van der Waals surface area (Å²) in [6, 6.07) is 3.46. The average Bonchev–Trinajstić information content (AvgIpc) is 3.24. The summed E-state index contributed by atoms with van der Waals surface area (Å²) in [5.41, 5.74) is 2.27. The van der Waals surface area contributed by atoms with E-state index in [1.807, 2.05) is 19.9 Å². The standard InChI is InChI=1S/C21H25N3O5/c1-5-6-7-8-22-18(25)11-27-21(26)16-10-17(15-9-12(2)28-14(15)4)23-20-19(16)13(3)24-29-20/h9-10H,5-8,11H2,1-4H3,(H,22,25). The van der Waals surface area contributed by atoms with E-state index in [1.54, 1.807) is 13.0 Å². The Labute approximate surface area is 168 Å². The number of aryl methyl sites for hydroxylation is 3. The molecule has 0 fully saturated rings. The van der Waals surface area contributed by atoms with Crippen molar-refractivity contribution >= 4 is 23.0 Å². The summed E-state index contributed by atoms with van der Waals surface area (Å²) >= 11 is 0. The van der Waals surface area contributed by atoms with Crippen molar-refractivity contribution in [2.75, 3.05) is 13.2 Å². The molecule has 8 nitrogen and oxygen atoms in total. The van der Waals surface area contributed by atoms with E-state index in [9.17, 15) is 9.59 Å². The lowest BCUT2D eigenvalue weighted by Crippen LogP contribution is -2.29. The van der Waals surface area contributed by atoms with Crippen molar-refractivity contribution in [1.82, 2.24) is 15.5 Å². The van der Waals surface area contributed by atoms with Gasteiger partial charge in [0.05, 0.1) is 22.3 Å². The summed E-state index contributed by atoms with van der Waals surface area (Å²) in [5, 5.41) is 7.12. The Morgan fingerprint density at radius 2 is 1.97 bits per heavy atom. The van der Waals surface area contributed by atoms with Crippen LogP contribution in [0, 0.1) is 20.8 Å². The maximum atomic E-state index is 12.7. The monoisotopic (exact) mass is 399 g/mol. The van der Waals surface area contributed by atoms with Crippen LogP contribution in [0.1, 0.15) is 53.8 Å². The fourth-order valence-corrected chi connectivity index (χ4v) is 3.14. The largest absolute Gasteiger partial charge is 0.466 e. The smallest absolute Gasteiger partial charge is 0.339 e. The van der Waals surface area contributed by atoms with Crippen LogP contribution in [0.15, 0.2) is 21.1 Å². The van der Waals surface area contributed by atoms with Crippen molar-refractivity contribution in [2.24, 2.45) is 0 Å². The van der Waals surface area contributed by atoms with Crippen LogP contribution in [-0.4, -0.2) is 35.2 Å². The lowest BCUT2D eigenvalue weighted by atomic mass is 10.1. The number of hydrogen-bond donors (Lipinski definition) is 1. The summed E-state index contributed by atoms with van der Waals surface area (Å²) in [6.07, 6.45) is 3.00. The van der Waals surface area contributed by atoms with Crippen molar-refractivity contribution in [3.63, 3.8) is 0 Å². The van der Waals surface area contributed by atoms with Gasteiger partial charge in [-0.3, -0.25) is 4.79 Å². The molecule has 0 spiro atoms. The first kappa shape index (κ1) is 20.6. The fraction of sp³-hybridized carbons (Fsp3) is 0.429. The van der Waals surface area contributed by atoms with Gasteiger partial charge in [-0.05, 0) is 39.3 Å². The lowest BCUT2D eigenvalue weighted by Gasteiger charge is -2.08. The summed E-state index contributed by atoms with van der Waals surface area (Å²) in [6.45, 7) is 7.68. The SMILES string of the molecule is CCCCCNC(=O)COC(=O)c1cc(-c2cc(C)oc2C)nc2onc(C)c12. The highest BCUT2D eigenvalue weighted by Crippen LogP contribution is 2.30. The zero-order chi connectivity index (χ0) is 21.0. The Morgan fingerprint density at radius 3 is 2.66 bits per heavy atom. The number of nitrogens with zero attached hydrogens (tertiary/aromatic N) is 2. The van der Waals surface area contributed by atoms with Crippen LogP contribution in [-0.2, 0) is 9.53 Å². The molecular weight excluding hydrogens is 374 g/mol. The van der Waals surface area contributed by atoms with Gasteiger partial charge in [-0.2, -0.15) is 0 Å². The molecule has 0 bridgehead atoms. The first-order valence-corrected chi connectivity index (χ1v) is 9.69. The van der Waals surface area contributed by atoms with Crippen molar-refractivity contribution in [1.29, 1.82) is 0 Å². The molecule has 0 aliphatic heterocycles. The van der Waals surface area contributed by atoms with E-state index in [4.69, 9.17) is 13.7 Å². The number of pyridine rings is 1. The molecule has 3 rings (SSSR count). The van der Waals surface area contributed by atoms with Gasteiger partial charge < -0.3 is 19.0 Å². The van der Waals surface area contributed by atoms with Gasteiger partial charge in [0.1, 0.15) is 11.5 Å². The summed E-state index contributed by atoms with van der Waals surface area (Å²) < 4.78 is 16.1. The predicted molar refractivity (Wildman–Crippen MR) is 107 cm³/mol. The molecule has 0 unspecified atom stereocenters.